The standard InChI is InChI=1S/C10H9NO2S/c1-6(12)9-10(13)11-7-4-2-3-5-8(7)14-9/h2-5,9H,1H3,(H,11,13). The Hall–Kier alpha value is -1.29. The van der Waals surface area contributed by atoms with Gasteiger partial charge in [0.1, 0.15) is 5.25 Å². The predicted octanol–water partition coefficient (Wildman–Crippen LogP) is 1.69. The molecular weight excluding hydrogens is 198 g/mol. The molecule has 0 bridgehead atoms. The SMILES string of the molecule is CC(=O)C1Sc2ccccc2NC1=O. The van der Waals surface area contributed by atoms with Crippen LogP contribution in [-0.4, -0.2) is 16.9 Å². The van der Waals surface area contributed by atoms with Gasteiger partial charge in [0.15, 0.2) is 5.78 Å². The van der Waals surface area contributed by atoms with Gasteiger partial charge in [-0.1, -0.05) is 12.1 Å². The van der Waals surface area contributed by atoms with E-state index in [9.17, 15) is 9.59 Å². The topological polar surface area (TPSA) is 46.2 Å². The summed E-state index contributed by atoms with van der Waals surface area (Å²) < 4.78 is 0. The van der Waals surface area contributed by atoms with Gasteiger partial charge in [0.2, 0.25) is 5.91 Å². The van der Waals surface area contributed by atoms with Crippen LogP contribution in [0.25, 0.3) is 0 Å². The van der Waals surface area contributed by atoms with E-state index in [1.54, 1.807) is 0 Å². The van der Waals surface area contributed by atoms with Crippen LogP contribution in [-0.2, 0) is 9.59 Å². The average Bonchev–Trinajstić information content (AvgIpc) is 2.16. The van der Waals surface area contributed by atoms with E-state index in [4.69, 9.17) is 0 Å². The lowest BCUT2D eigenvalue weighted by molar-refractivity contribution is -0.123. The molecule has 2 rings (SSSR count). The minimum Gasteiger partial charge on any atom is -0.324 e. The summed E-state index contributed by atoms with van der Waals surface area (Å²) in [6, 6.07) is 7.47. The molecule has 1 N–H and O–H groups in total. The first-order valence-electron chi connectivity index (χ1n) is 4.25. The lowest BCUT2D eigenvalue weighted by Gasteiger charge is -2.21. The minimum absolute atomic E-state index is 0.109. The summed E-state index contributed by atoms with van der Waals surface area (Å²) in [5.74, 6) is -0.330. The lowest BCUT2D eigenvalue weighted by Crippen LogP contribution is -2.33. The zero-order valence-electron chi connectivity index (χ0n) is 7.61. The van der Waals surface area contributed by atoms with Gasteiger partial charge in [0, 0.05) is 4.90 Å². The second-order valence-electron chi connectivity index (χ2n) is 3.09. The largest absolute Gasteiger partial charge is 0.324 e. The molecule has 0 spiro atoms. The van der Waals surface area contributed by atoms with Crippen LogP contribution >= 0.6 is 11.8 Å². The molecule has 0 aromatic heterocycles. The first-order valence-corrected chi connectivity index (χ1v) is 5.13. The Morgan fingerprint density at radius 2 is 2.14 bits per heavy atom. The van der Waals surface area contributed by atoms with Crippen molar-refractivity contribution in [1.82, 2.24) is 0 Å². The quantitative estimate of drug-likeness (QED) is 0.713. The molecule has 1 amide bonds. The molecule has 1 aromatic rings. The molecule has 1 atom stereocenters. The maximum atomic E-state index is 11.4. The Kier molecular flexibility index (Phi) is 2.29. The molecule has 0 saturated heterocycles. The fourth-order valence-corrected chi connectivity index (χ4v) is 2.31. The highest BCUT2D eigenvalue weighted by Crippen LogP contribution is 2.35. The number of carbonyl (C=O) groups is 2. The number of hydrogen-bond donors (Lipinski definition) is 1. The summed E-state index contributed by atoms with van der Waals surface area (Å²) in [7, 11) is 0. The van der Waals surface area contributed by atoms with Gasteiger partial charge in [0.25, 0.3) is 0 Å². The first-order chi connectivity index (χ1) is 6.68. The number of amides is 1. The van der Waals surface area contributed by atoms with Crippen molar-refractivity contribution in [1.29, 1.82) is 0 Å². The Bertz CT molecular complexity index is 403. The second-order valence-corrected chi connectivity index (χ2v) is 4.24. The number of carbonyl (C=O) groups excluding carboxylic acids is 2. The molecule has 1 heterocycles. The number of nitrogens with one attached hydrogen (secondary N) is 1. The van der Waals surface area contributed by atoms with Crippen LogP contribution in [0.4, 0.5) is 5.69 Å². The van der Waals surface area contributed by atoms with Gasteiger partial charge in [-0.15, -0.1) is 11.8 Å². The lowest BCUT2D eigenvalue weighted by atomic mass is 10.2. The Labute approximate surface area is 85.9 Å². The summed E-state index contributed by atoms with van der Waals surface area (Å²) in [4.78, 5) is 23.5. The van der Waals surface area contributed by atoms with E-state index in [2.05, 4.69) is 5.32 Å². The molecule has 14 heavy (non-hydrogen) atoms. The number of anilines is 1. The first kappa shape index (κ1) is 9.27. The van der Waals surface area contributed by atoms with Crippen LogP contribution in [0.2, 0.25) is 0 Å². The zero-order valence-corrected chi connectivity index (χ0v) is 8.43. The summed E-state index contributed by atoms with van der Waals surface area (Å²) >= 11 is 1.31. The van der Waals surface area contributed by atoms with E-state index in [1.807, 2.05) is 24.3 Å². The van der Waals surface area contributed by atoms with Crippen LogP contribution in [0.3, 0.4) is 0 Å². The minimum atomic E-state index is -0.593. The molecule has 0 radical (unpaired) electrons. The van der Waals surface area contributed by atoms with Crippen molar-refractivity contribution in [2.24, 2.45) is 0 Å². The molecule has 1 aliphatic rings. The van der Waals surface area contributed by atoms with E-state index in [-0.39, 0.29) is 11.7 Å². The third kappa shape index (κ3) is 1.53. The zero-order chi connectivity index (χ0) is 10.1. The van der Waals surface area contributed by atoms with E-state index in [0.29, 0.717) is 0 Å². The maximum absolute atomic E-state index is 11.4. The molecule has 0 saturated carbocycles. The van der Waals surface area contributed by atoms with Gasteiger partial charge in [-0.05, 0) is 19.1 Å². The molecule has 72 valence electrons. The molecule has 1 aromatic carbocycles. The van der Waals surface area contributed by atoms with E-state index >= 15 is 0 Å². The Morgan fingerprint density at radius 3 is 2.86 bits per heavy atom. The van der Waals surface area contributed by atoms with E-state index < -0.39 is 5.25 Å². The number of rotatable bonds is 1. The predicted molar refractivity (Wildman–Crippen MR) is 55.4 cm³/mol. The third-order valence-corrected chi connectivity index (χ3v) is 3.39. The van der Waals surface area contributed by atoms with Crippen molar-refractivity contribution in [3.63, 3.8) is 0 Å². The fourth-order valence-electron chi connectivity index (χ4n) is 1.32. The van der Waals surface area contributed by atoms with Crippen LogP contribution in [0.1, 0.15) is 6.92 Å². The highest BCUT2D eigenvalue weighted by atomic mass is 32.2. The van der Waals surface area contributed by atoms with Gasteiger partial charge < -0.3 is 5.32 Å². The Balaban J connectivity index is 2.36. The van der Waals surface area contributed by atoms with Crippen molar-refractivity contribution >= 4 is 29.1 Å². The van der Waals surface area contributed by atoms with Gasteiger partial charge in [-0.3, -0.25) is 9.59 Å². The van der Waals surface area contributed by atoms with E-state index in [0.717, 1.165) is 10.6 Å². The van der Waals surface area contributed by atoms with Crippen molar-refractivity contribution in [2.75, 3.05) is 5.32 Å². The third-order valence-electron chi connectivity index (χ3n) is 2.00. The van der Waals surface area contributed by atoms with Crippen LogP contribution < -0.4 is 5.32 Å². The molecule has 0 aliphatic carbocycles. The van der Waals surface area contributed by atoms with Crippen molar-refractivity contribution in [2.45, 2.75) is 17.1 Å². The van der Waals surface area contributed by atoms with Crippen molar-refractivity contribution < 1.29 is 9.59 Å². The number of Topliss-reactive ketones (excluding diaryl/α,β-unsaturated/α-hetero) is 1. The van der Waals surface area contributed by atoms with Gasteiger partial charge in [-0.2, -0.15) is 0 Å². The van der Waals surface area contributed by atoms with Gasteiger partial charge >= 0.3 is 0 Å². The number of thioether (sulfide) groups is 1. The summed E-state index contributed by atoms with van der Waals surface area (Å²) in [6.45, 7) is 1.44. The van der Waals surface area contributed by atoms with Crippen LogP contribution in [0, 0.1) is 0 Å². The summed E-state index contributed by atoms with van der Waals surface area (Å²) in [6.07, 6.45) is 0. The summed E-state index contributed by atoms with van der Waals surface area (Å²) in [5, 5.41) is 2.12. The average molecular weight is 207 g/mol. The maximum Gasteiger partial charge on any atom is 0.245 e. The normalized spacial score (nSPS) is 19.8. The van der Waals surface area contributed by atoms with E-state index in [1.165, 1.54) is 18.7 Å². The van der Waals surface area contributed by atoms with Gasteiger partial charge in [0.05, 0.1) is 5.69 Å². The fraction of sp³-hybridized carbons (Fsp3) is 0.200. The van der Waals surface area contributed by atoms with Crippen molar-refractivity contribution in [3.05, 3.63) is 24.3 Å². The van der Waals surface area contributed by atoms with Crippen LogP contribution in [0.15, 0.2) is 29.2 Å². The highest BCUT2D eigenvalue weighted by Gasteiger charge is 2.29. The molecule has 4 heteroatoms. The van der Waals surface area contributed by atoms with Gasteiger partial charge in [-0.25, -0.2) is 0 Å². The van der Waals surface area contributed by atoms with Crippen molar-refractivity contribution in [3.8, 4) is 0 Å². The smallest absolute Gasteiger partial charge is 0.245 e. The molecule has 0 fully saturated rings. The number of benzene rings is 1. The molecule has 3 nitrogen and oxygen atoms in total. The monoisotopic (exact) mass is 207 g/mol. The Morgan fingerprint density at radius 1 is 1.43 bits per heavy atom. The second kappa shape index (κ2) is 3.46. The number of hydrogen-bond acceptors (Lipinski definition) is 3. The molecule has 1 aliphatic heterocycles. The number of fused-ring (bicyclic) bond motifs is 1. The molecule has 1 unspecified atom stereocenters. The number of ketones is 1. The summed E-state index contributed by atoms with van der Waals surface area (Å²) in [5.41, 5.74) is 0.792. The highest BCUT2D eigenvalue weighted by molar-refractivity contribution is 8.01. The van der Waals surface area contributed by atoms with Crippen LogP contribution in [0.5, 0.6) is 0 Å². The number of para-hydroxylation sites is 1. The molecular formula is C10H9NO2S.